The number of halogens is 3. The van der Waals surface area contributed by atoms with Gasteiger partial charge in [0.15, 0.2) is 0 Å². The number of hydrogen-bond donors (Lipinski definition) is 1. The van der Waals surface area contributed by atoms with E-state index >= 15 is 0 Å². The molecule has 1 saturated heterocycles. The maximum atomic E-state index is 12.2. The maximum Gasteiger partial charge on any atom is 0.401 e. The fourth-order valence-corrected chi connectivity index (χ4v) is 1.97. The lowest BCUT2D eigenvalue weighted by atomic mass is 10.3. The quantitative estimate of drug-likeness (QED) is 0.871. The van der Waals surface area contributed by atoms with E-state index in [9.17, 15) is 13.2 Å². The number of rotatable bonds is 2. The van der Waals surface area contributed by atoms with Crippen LogP contribution in [0.1, 0.15) is 0 Å². The third kappa shape index (κ3) is 3.49. The van der Waals surface area contributed by atoms with Gasteiger partial charge in [0.2, 0.25) is 0 Å². The summed E-state index contributed by atoms with van der Waals surface area (Å²) < 4.78 is 36.7. The highest BCUT2D eigenvalue weighted by Crippen LogP contribution is 2.19. The summed E-state index contributed by atoms with van der Waals surface area (Å²) in [5, 5.41) is 0. The lowest BCUT2D eigenvalue weighted by Gasteiger charge is -2.35. The molecule has 2 heterocycles. The van der Waals surface area contributed by atoms with Gasteiger partial charge in [-0.15, -0.1) is 0 Å². The number of nitrogens with two attached hydrogens (primary N) is 1. The second-order valence-electron chi connectivity index (χ2n) is 4.33. The fourth-order valence-electron chi connectivity index (χ4n) is 1.97. The molecular weight excluding hydrogens is 245 g/mol. The Balaban J connectivity index is 1.88. The first-order chi connectivity index (χ1) is 8.44. The van der Waals surface area contributed by atoms with E-state index in [1.54, 1.807) is 18.3 Å². The van der Waals surface area contributed by atoms with Crippen molar-refractivity contribution in [3.8, 4) is 0 Å². The Hall–Kier alpha value is -1.50. The Labute approximate surface area is 103 Å². The van der Waals surface area contributed by atoms with Gasteiger partial charge >= 0.3 is 6.18 Å². The van der Waals surface area contributed by atoms with Crippen LogP contribution in [0.2, 0.25) is 0 Å². The summed E-state index contributed by atoms with van der Waals surface area (Å²) in [6, 6.07) is 3.53. The highest BCUT2D eigenvalue weighted by atomic mass is 19.4. The van der Waals surface area contributed by atoms with E-state index in [1.165, 1.54) is 4.90 Å². The van der Waals surface area contributed by atoms with Gasteiger partial charge in [-0.3, -0.25) is 4.90 Å². The first-order valence-electron chi connectivity index (χ1n) is 5.70. The van der Waals surface area contributed by atoms with Gasteiger partial charge in [-0.2, -0.15) is 13.2 Å². The first kappa shape index (κ1) is 12.9. The van der Waals surface area contributed by atoms with E-state index < -0.39 is 12.7 Å². The Morgan fingerprint density at radius 1 is 1.17 bits per heavy atom. The van der Waals surface area contributed by atoms with E-state index in [4.69, 9.17) is 5.73 Å². The van der Waals surface area contributed by atoms with Crippen molar-refractivity contribution in [1.82, 2.24) is 9.88 Å². The largest absolute Gasteiger partial charge is 0.401 e. The van der Waals surface area contributed by atoms with E-state index in [0.717, 1.165) is 5.82 Å². The fraction of sp³-hybridized carbons (Fsp3) is 0.545. The van der Waals surface area contributed by atoms with Crippen LogP contribution in [0.25, 0.3) is 0 Å². The zero-order valence-electron chi connectivity index (χ0n) is 9.82. The van der Waals surface area contributed by atoms with Gasteiger partial charge in [0.05, 0.1) is 18.4 Å². The number of alkyl halides is 3. The topological polar surface area (TPSA) is 45.4 Å². The summed E-state index contributed by atoms with van der Waals surface area (Å²) in [6.07, 6.45) is -2.57. The van der Waals surface area contributed by atoms with Gasteiger partial charge in [-0.25, -0.2) is 4.98 Å². The molecule has 0 aromatic carbocycles. The molecule has 4 nitrogen and oxygen atoms in total. The average molecular weight is 260 g/mol. The summed E-state index contributed by atoms with van der Waals surface area (Å²) in [5.74, 6) is 0.760. The average Bonchev–Trinajstić information content (AvgIpc) is 2.29. The predicted molar refractivity (Wildman–Crippen MR) is 63.4 cm³/mol. The molecule has 1 aromatic rings. The summed E-state index contributed by atoms with van der Waals surface area (Å²) in [6.45, 7) is 1.05. The molecule has 7 heteroatoms. The molecule has 2 N–H and O–H groups in total. The van der Waals surface area contributed by atoms with E-state index in [2.05, 4.69) is 4.98 Å². The summed E-state index contributed by atoms with van der Waals surface area (Å²) in [7, 11) is 0. The molecule has 1 aliphatic rings. The Morgan fingerprint density at radius 3 is 2.33 bits per heavy atom. The van der Waals surface area contributed by atoms with Gasteiger partial charge in [0, 0.05) is 26.2 Å². The minimum atomic E-state index is -4.12. The zero-order chi connectivity index (χ0) is 13.2. The SMILES string of the molecule is Nc1ccc(N2CCN(CC(F)(F)F)CC2)nc1. The predicted octanol–water partition coefficient (Wildman–Crippen LogP) is 1.35. The van der Waals surface area contributed by atoms with Crippen molar-refractivity contribution in [2.75, 3.05) is 43.4 Å². The van der Waals surface area contributed by atoms with Crippen molar-refractivity contribution in [1.29, 1.82) is 0 Å². The Bertz CT molecular complexity index is 382. The molecule has 0 radical (unpaired) electrons. The lowest BCUT2D eigenvalue weighted by molar-refractivity contribution is -0.146. The maximum absolute atomic E-state index is 12.2. The van der Waals surface area contributed by atoms with Gasteiger partial charge in [0.1, 0.15) is 5.82 Å². The van der Waals surface area contributed by atoms with Crippen molar-refractivity contribution in [2.24, 2.45) is 0 Å². The van der Waals surface area contributed by atoms with E-state index in [1.807, 2.05) is 4.90 Å². The van der Waals surface area contributed by atoms with Gasteiger partial charge < -0.3 is 10.6 Å². The molecule has 2 rings (SSSR count). The van der Waals surface area contributed by atoms with Crippen molar-refractivity contribution in [3.05, 3.63) is 18.3 Å². The van der Waals surface area contributed by atoms with Crippen LogP contribution in [0, 0.1) is 0 Å². The van der Waals surface area contributed by atoms with Gasteiger partial charge in [-0.05, 0) is 12.1 Å². The van der Waals surface area contributed by atoms with Crippen LogP contribution in [0.5, 0.6) is 0 Å². The summed E-state index contributed by atoms with van der Waals surface area (Å²) in [4.78, 5) is 7.54. The van der Waals surface area contributed by atoms with Gasteiger partial charge in [0.25, 0.3) is 0 Å². The smallest absolute Gasteiger partial charge is 0.397 e. The third-order valence-electron chi connectivity index (χ3n) is 2.87. The second-order valence-corrected chi connectivity index (χ2v) is 4.33. The second kappa shape index (κ2) is 5.01. The molecule has 100 valence electrons. The number of nitrogen functional groups attached to an aromatic ring is 1. The van der Waals surface area contributed by atoms with Crippen molar-refractivity contribution >= 4 is 11.5 Å². The normalized spacial score (nSPS) is 18.1. The van der Waals surface area contributed by atoms with Crippen LogP contribution in [0.4, 0.5) is 24.7 Å². The van der Waals surface area contributed by atoms with Crippen LogP contribution in [-0.2, 0) is 0 Å². The zero-order valence-corrected chi connectivity index (χ0v) is 9.82. The Kier molecular flexibility index (Phi) is 3.60. The monoisotopic (exact) mass is 260 g/mol. The molecule has 0 atom stereocenters. The minimum Gasteiger partial charge on any atom is -0.397 e. The number of piperazine rings is 1. The standard InChI is InChI=1S/C11H15F3N4/c12-11(13,14)8-17-3-5-18(6-4-17)10-2-1-9(15)7-16-10/h1-2,7H,3-6,8,15H2. The van der Waals surface area contributed by atoms with Gasteiger partial charge in [-0.1, -0.05) is 0 Å². The first-order valence-corrected chi connectivity index (χ1v) is 5.70. The molecule has 0 saturated carbocycles. The molecule has 0 spiro atoms. The van der Waals surface area contributed by atoms with Crippen LogP contribution in [0.15, 0.2) is 18.3 Å². The minimum absolute atomic E-state index is 0.394. The highest BCUT2D eigenvalue weighted by Gasteiger charge is 2.32. The number of pyridine rings is 1. The number of hydrogen-bond acceptors (Lipinski definition) is 4. The Morgan fingerprint density at radius 2 is 1.83 bits per heavy atom. The molecular formula is C11H15F3N4. The summed E-state index contributed by atoms with van der Waals surface area (Å²) in [5.41, 5.74) is 6.11. The number of anilines is 2. The van der Waals surface area contributed by atoms with Crippen molar-refractivity contribution < 1.29 is 13.2 Å². The van der Waals surface area contributed by atoms with Crippen LogP contribution in [0.3, 0.4) is 0 Å². The van der Waals surface area contributed by atoms with Crippen LogP contribution < -0.4 is 10.6 Å². The van der Waals surface area contributed by atoms with Crippen LogP contribution in [-0.4, -0.2) is 48.8 Å². The molecule has 0 aliphatic carbocycles. The van der Waals surface area contributed by atoms with E-state index in [0.29, 0.717) is 31.9 Å². The lowest BCUT2D eigenvalue weighted by Crippen LogP contribution is -2.49. The van der Waals surface area contributed by atoms with Crippen molar-refractivity contribution in [3.63, 3.8) is 0 Å². The molecule has 0 amide bonds. The summed E-state index contributed by atoms with van der Waals surface area (Å²) >= 11 is 0. The molecule has 1 aliphatic heterocycles. The number of nitrogens with zero attached hydrogens (tertiary/aromatic N) is 3. The third-order valence-corrected chi connectivity index (χ3v) is 2.87. The molecule has 0 bridgehead atoms. The van der Waals surface area contributed by atoms with Crippen molar-refractivity contribution in [2.45, 2.75) is 6.18 Å². The number of aromatic nitrogens is 1. The van der Waals surface area contributed by atoms with E-state index in [-0.39, 0.29) is 0 Å². The highest BCUT2D eigenvalue weighted by molar-refractivity contribution is 5.46. The molecule has 18 heavy (non-hydrogen) atoms. The molecule has 1 aromatic heterocycles. The van der Waals surface area contributed by atoms with Crippen LogP contribution >= 0.6 is 0 Å². The molecule has 0 unspecified atom stereocenters. The molecule has 1 fully saturated rings.